The first-order valence-electron chi connectivity index (χ1n) is 10.8. The van der Waals surface area contributed by atoms with Crippen LogP contribution in [0.3, 0.4) is 0 Å². The van der Waals surface area contributed by atoms with Gasteiger partial charge in [-0.15, -0.1) is 11.8 Å². The SMILES string of the molecule is NC(=O)CSc1ccccc1NC(=O)CCNC(=O)NC12CC3CC(CC(C3)C1)C2. The molecule has 4 aliphatic carbocycles. The van der Waals surface area contributed by atoms with Crippen molar-refractivity contribution in [1.82, 2.24) is 10.6 Å². The van der Waals surface area contributed by atoms with E-state index in [9.17, 15) is 14.4 Å². The highest BCUT2D eigenvalue weighted by Gasteiger charge is 2.51. The molecule has 162 valence electrons. The number of benzene rings is 1. The summed E-state index contributed by atoms with van der Waals surface area (Å²) < 4.78 is 0. The fourth-order valence-electron chi connectivity index (χ4n) is 5.90. The zero-order valence-electron chi connectivity index (χ0n) is 17.1. The summed E-state index contributed by atoms with van der Waals surface area (Å²) in [5.74, 6) is 1.88. The largest absolute Gasteiger partial charge is 0.369 e. The first-order chi connectivity index (χ1) is 14.4. The van der Waals surface area contributed by atoms with Gasteiger partial charge in [-0.1, -0.05) is 12.1 Å². The molecule has 1 aromatic rings. The van der Waals surface area contributed by atoms with Crippen LogP contribution in [0.15, 0.2) is 29.2 Å². The maximum atomic E-state index is 12.5. The van der Waals surface area contributed by atoms with Crippen LogP contribution in [0, 0.1) is 17.8 Å². The molecule has 0 heterocycles. The molecular weight excluding hydrogens is 400 g/mol. The molecule has 5 N–H and O–H groups in total. The Morgan fingerprint density at radius 2 is 1.67 bits per heavy atom. The number of amides is 4. The first kappa shape index (κ1) is 21.0. The van der Waals surface area contributed by atoms with Gasteiger partial charge in [0, 0.05) is 23.4 Å². The Morgan fingerprint density at radius 3 is 2.30 bits per heavy atom. The van der Waals surface area contributed by atoms with Crippen LogP contribution in [0.2, 0.25) is 0 Å². The molecule has 0 spiro atoms. The summed E-state index contributed by atoms with van der Waals surface area (Å²) in [4.78, 5) is 36.6. The minimum absolute atomic E-state index is 0.0301. The van der Waals surface area contributed by atoms with Gasteiger partial charge in [-0.05, 0) is 68.4 Å². The number of para-hydroxylation sites is 1. The third kappa shape index (κ3) is 5.09. The van der Waals surface area contributed by atoms with Gasteiger partial charge < -0.3 is 21.7 Å². The summed E-state index contributed by atoms with van der Waals surface area (Å²) >= 11 is 1.29. The van der Waals surface area contributed by atoms with E-state index in [4.69, 9.17) is 5.73 Å². The lowest BCUT2D eigenvalue weighted by Gasteiger charge is -2.56. The van der Waals surface area contributed by atoms with Crippen LogP contribution in [0.25, 0.3) is 0 Å². The van der Waals surface area contributed by atoms with Crippen LogP contribution in [-0.2, 0) is 9.59 Å². The summed E-state index contributed by atoms with van der Waals surface area (Å²) in [7, 11) is 0. The van der Waals surface area contributed by atoms with E-state index in [2.05, 4.69) is 16.0 Å². The number of urea groups is 1. The second kappa shape index (κ2) is 8.88. The summed E-state index contributed by atoms with van der Waals surface area (Å²) in [5.41, 5.74) is 5.82. The van der Waals surface area contributed by atoms with Gasteiger partial charge in [0.05, 0.1) is 11.4 Å². The fraction of sp³-hybridized carbons (Fsp3) is 0.591. The Balaban J connectivity index is 1.22. The number of nitrogens with one attached hydrogen (secondary N) is 3. The molecule has 4 amide bonds. The van der Waals surface area contributed by atoms with Crippen LogP contribution in [0.1, 0.15) is 44.9 Å². The Labute approximate surface area is 181 Å². The Bertz CT molecular complexity index is 793. The van der Waals surface area contributed by atoms with Crippen molar-refractivity contribution in [3.05, 3.63) is 24.3 Å². The van der Waals surface area contributed by atoms with Gasteiger partial charge in [0.25, 0.3) is 0 Å². The summed E-state index contributed by atoms with van der Waals surface area (Å²) in [6.45, 7) is 0.278. The van der Waals surface area contributed by atoms with Crippen LogP contribution in [0.5, 0.6) is 0 Å². The smallest absolute Gasteiger partial charge is 0.315 e. The molecule has 0 saturated heterocycles. The molecule has 1 aromatic carbocycles. The molecule has 8 heteroatoms. The van der Waals surface area contributed by atoms with E-state index in [1.54, 1.807) is 6.07 Å². The summed E-state index contributed by atoms with van der Waals surface area (Å²) in [6, 6.07) is 7.12. The number of rotatable bonds is 8. The predicted octanol–water partition coefficient (Wildman–Crippen LogP) is 2.86. The van der Waals surface area contributed by atoms with Crippen LogP contribution in [-0.4, -0.2) is 35.7 Å². The number of hydrogen-bond acceptors (Lipinski definition) is 4. The molecule has 4 bridgehead atoms. The molecule has 4 saturated carbocycles. The zero-order valence-corrected chi connectivity index (χ0v) is 17.9. The van der Waals surface area contributed by atoms with Gasteiger partial charge in [-0.25, -0.2) is 4.79 Å². The van der Waals surface area contributed by atoms with Crippen molar-refractivity contribution in [2.24, 2.45) is 23.5 Å². The van der Waals surface area contributed by atoms with Gasteiger partial charge >= 0.3 is 6.03 Å². The summed E-state index contributed by atoms with van der Waals surface area (Å²) in [6.07, 6.45) is 7.50. The predicted molar refractivity (Wildman–Crippen MR) is 117 cm³/mol. The number of nitrogens with two attached hydrogens (primary N) is 1. The van der Waals surface area contributed by atoms with E-state index in [-0.39, 0.29) is 36.2 Å². The molecule has 0 aliphatic heterocycles. The van der Waals surface area contributed by atoms with Crippen molar-refractivity contribution in [2.75, 3.05) is 17.6 Å². The average Bonchev–Trinajstić information content (AvgIpc) is 2.65. The lowest BCUT2D eigenvalue weighted by molar-refractivity contribution is -0.116. The zero-order chi connectivity index (χ0) is 21.1. The second-order valence-electron chi connectivity index (χ2n) is 9.13. The monoisotopic (exact) mass is 430 g/mol. The van der Waals surface area contributed by atoms with Crippen molar-refractivity contribution in [3.8, 4) is 0 Å². The molecule has 30 heavy (non-hydrogen) atoms. The lowest BCUT2D eigenvalue weighted by atomic mass is 9.53. The van der Waals surface area contributed by atoms with Crippen molar-refractivity contribution in [2.45, 2.75) is 55.4 Å². The van der Waals surface area contributed by atoms with Gasteiger partial charge in [0.2, 0.25) is 11.8 Å². The molecule has 0 aromatic heterocycles. The van der Waals surface area contributed by atoms with E-state index >= 15 is 0 Å². The third-order valence-electron chi connectivity index (χ3n) is 6.59. The molecule has 4 fully saturated rings. The molecule has 7 nitrogen and oxygen atoms in total. The minimum Gasteiger partial charge on any atom is -0.369 e. The van der Waals surface area contributed by atoms with Crippen molar-refractivity contribution in [3.63, 3.8) is 0 Å². The normalized spacial score (nSPS) is 28.7. The number of carbonyl (C=O) groups excluding carboxylic acids is 3. The first-order valence-corrected chi connectivity index (χ1v) is 11.8. The van der Waals surface area contributed by atoms with Crippen LogP contribution < -0.4 is 21.7 Å². The van der Waals surface area contributed by atoms with Gasteiger partial charge in [0.15, 0.2) is 0 Å². The van der Waals surface area contributed by atoms with E-state index in [0.29, 0.717) is 5.69 Å². The van der Waals surface area contributed by atoms with Crippen molar-refractivity contribution >= 4 is 35.3 Å². The minimum atomic E-state index is -0.407. The quantitative estimate of drug-likeness (QED) is 0.475. The average molecular weight is 431 g/mol. The van der Waals surface area contributed by atoms with E-state index < -0.39 is 5.91 Å². The molecule has 0 unspecified atom stereocenters. The highest BCUT2D eigenvalue weighted by Crippen LogP contribution is 2.55. The van der Waals surface area contributed by atoms with Crippen molar-refractivity contribution < 1.29 is 14.4 Å². The highest BCUT2D eigenvalue weighted by atomic mass is 32.2. The maximum absolute atomic E-state index is 12.5. The third-order valence-corrected chi connectivity index (χ3v) is 7.68. The van der Waals surface area contributed by atoms with Crippen LogP contribution in [0.4, 0.5) is 10.5 Å². The van der Waals surface area contributed by atoms with Gasteiger partial charge in [-0.3, -0.25) is 9.59 Å². The maximum Gasteiger partial charge on any atom is 0.315 e. The highest BCUT2D eigenvalue weighted by molar-refractivity contribution is 8.00. The fourth-order valence-corrected chi connectivity index (χ4v) is 6.64. The Hall–Kier alpha value is -2.22. The van der Waals surface area contributed by atoms with Crippen LogP contribution >= 0.6 is 11.8 Å². The van der Waals surface area contributed by atoms with Crippen molar-refractivity contribution in [1.29, 1.82) is 0 Å². The second-order valence-corrected chi connectivity index (χ2v) is 10.1. The van der Waals surface area contributed by atoms with E-state index in [1.165, 1.54) is 31.0 Å². The molecular formula is C22H30N4O3S. The molecule has 5 rings (SSSR count). The van der Waals surface area contributed by atoms with E-state index in [0.717, 1.165) is 41.9 Å². The number of thioether (sulfide) groups is 1. The summed E-state index contributed by atoms with van der Waals surface area (Å²) in [5, 5.41) is 8.96. The topological polar surface area (TPSA) is 113 Å². The molecule has 0 radical (unpaired) electrons. The Kier molecular flexibility index (Phi) is 6.22. The van der Waals surface area contributed by atoms with E-state index in [1.807, 2.05) is 18.2 Å². The number of carbonyl (C=O) groups is 3. The molecule has 4 aliphatic rings. The standard InChI is InChI=1S/C22H30N4O3S/c23-19(27)13-30-18-4-2-1-3-17(18)25-20(28)5-6-24-21(29)26-22-10-14-7-15(11-22)9-16(8-14)12-22/h1-4,14-16H,5-13H2,(H2,23,27)(H,25,28)(H2,24,26,29). The molecule has 0 atom stereocenters. The van der Waals surface area contributed by atoms with Gasteiger partial charge in [-0.2, -0.15) is 0 Å². The van der Waals surface area contributed by atoms with Gasteiger partial charge in [0.1, 0.15) is 0 Å². The Morgan fingerprint density at radius 1 is 1.03 bits per heavy atom. The lowest BCUT2D eigenvalue weighted by Crippen LogP contribution is -2.61. The number of hydrogen-bond donors (Lipinski definition) is 4. The number of anilines is 1. The number of primary amides is 1.